The predicted octanol–water partition coefficient (Wildman–Crippen LogP) is 3.16. The van der Waals surface area contributed by atoms with E-state index in [2.05, 4.69) is 27.6 Å². The van der Waals surface area contributed by atoms with Crippen molar-refractivity contribution < 1.29 is 18.0 Å². The van der Waals surface area contributed by atoms with E-state index in [0.717, 1.165) is 30.3 Å². The van der Waals surface area contributed by atoms with Gasteiger partial charge in [-0.15, -0.1) is 0 Å². The van der Waals surface area contributed by atoms with Crippen LogP contribution in [-0.4, -0.2) is 50.9 Å². The van der Waals surface area contributed by atoms with Crippen LogP contribution in [0.2, 0.25) is 0 Å². The molecular formula is C18H24F3N5O. The van der Waals surface area contributed by atoms with Crippen LogP contribution in [0.1, 0.15) is 44.6 Å². The highest BCUT2D eigenvalue weighted by Gasteiger charge is 2.48. The summed E-state index contributed by atoms with van der Waals surface area (Å²) < 4.78 is 41.2. The van der Waals surface area contributed by atoms with E-state index in [1.807, 2.05) is 4.90 Å². The number of aromatic nitrogens is 3. The molecule has 6 nitrogen and oxygen atoms in total. The molecule has 148 valence electrons. The van der Waals surface area contributed by atoms with E-state index in [1.165, 1.54) is 0 Å². The number of allylic oxidation sites excluding steroid dienone is 2. The number of rotatable bonds is 2. The summed E-state index contributed by atoms with van der Waals surface area (Å²) in [6.07, 6.45) is 4.99. The summed E-state index contributed by atoms with van der Waals surface area (Å²) in [6.45, 7) is 1.23. The number of carbonyl (C=O) groups excluding carboxylic acids is 1. The van der Waals surface area contributed by atoms with Crippen molar-refractivity contribution in [1.29, 1.82) is 0 Å². The number of likely N-dealkylation sites (tertiary alicyclic amines) is 1. The normalized spacial score (nSPS) is 29.3. The van der Waals surface area contributed by atoms with E-state index in [0.29, 0.717) is 25.9 Å². The zero-order valence-corrected chi connectivity index (χ0v) is 15.0. The van der Waals surface area contributed by atoms with E-state index in [9.17, 15) is 18.0 Å². The second-order valence-electron chi connectivity index (χ2n) is 7.72. The van der Waals surface area contributed by atoms with Gasteiger partial charge in [0.25, 0.3) is 0 Å². The number of piperidine rings is 1. The van der Waals surface area contributed by atoms with E-state index in [1.54, 1.807) is 0 Å². The Morgan fingerprint density at radius 1 is 1.19 bits per heavy atom. The number of fused-ring (bicyclic) bond motifs is 1. The van der Waals surface area contributed by atoms with E-state index < -0.39 is 12.2 Å². The molecular weight excluding hydrogens is 359 g/mol. The molecule has 1 aliphatic carbocycles. The first-order valence-electron chi connectivity index (χ1n) is 9.60. The Morgan fingerprint density at radius 2 is 1.96 bits per heavy atom. The largest absolute Gasteiger partial charge is 0.411 e. The summed E-state index contributed by atoms with van der Waals surface area (Å²) in [5.41, 5.74) is 0. The first kappa shape index (κ1) is 18.3. The maximum Gasteiger partial charge on any atom is 0.411 e. The first-order valence-corrected chi connectivity index (χ1v) is 9.60. The second kappa shape index (κ2) is 7.16. The molecule has 0 aromatic carbocycles. The molecule has 3 aliphatic rings. The molecule has 9 heteroatoms. The molecule has 3 heterocycles. The number of alkyl halides is 3. The molecule has 1 saturated heterocycles. The van der Waals surface area contributed by atoms with E-state index in [-0.39, 0.29) is 36.2 Å². The Kier molecular flexibility index (Phi) is 4.86. The average Bonchev–Trinajstić information content (AvgIpc) is 3.15. The molecule has 0 bridgehead atoms. The summed E-state index contributed by atoms with van der Waals surface area (Å²) in [5, 5.41) is 6.87. The van der Waals surface area contributed by atoms with Crippen LogP contribution in [0, 0.1) is 11.8 Å². The standard InChI is InChI=1S/C18H24F3N5O/c19-18(20,21)15-10-14(24-17-22-11-23-26(15)17)12-6-8-25(9-7-12)16(27)13-4-2-1-3-5-13/h1-2,11-15H,3-10H2,(H,22,23,24)/t13-,14+,15-/m1/s1. The summed E-state index contributed by atoms with van der Waals surface area (Å²) >= 11 is 0. The van der Waals surface area contributed by atoms with Gasteiger partial charge in [-0.3, -0.25) is 4.79 Å². The van der Waals surface area contributed by atoms with Gasteiger partial charge in [0.2, 0.25) is 11.9 Å². The Hall–Kier alpha value is -2.06. The molecule has 1 aromatic rings. The van der Waals surface area contributed by atoms with Gasteiger partial charge in [-0.1, -0.05) is 12.2 Å². The van der Waals surface area contributed by atoms with Crippen molar-refractivity contribution in [2.24, 2.45) is 11.8 Å². The van der Waals surface area contributed by atoms with Gasteiger partial charge >= 0.3 is 6.18 Å². The van der Waals surface area contributed by atoms with Crippen LogP contribution >= 0.6 is 0 Å². The second-order valence-corrected chi connectivity index (χ2v) is 7.72. The van der Waals surface area contributed by atoms with E-state index in [4.69, 9.17) is 0 Å². The van der Waals surface area contributed by atoms with Crippen molar-refractivity contribution in [1.82, 2.24) is 19.7 Å². The quantitative estimate of drug-likeness (QED) is 0.797. The van der Waals surface area contributed by atoms with Crippen LogP contribution in [0.3, 0.4) is 0 Å². The Morgan fingerprint density at radius 3 is 2.63 bits per heavy atom. The minimum atomic E-state index is -4.35. The SMILES string of the molecule is O=C([C@@H]1CC=CCC1)N1CCC([C@@H]2C[C@H](C(F)(F)F)n3ncnc3N2)CC1. The zero-order valence-electron chi connectivity index (χ0n) is 15.0. The van der Waals surface area contributed by atoms with Gasteiger partial charge in [0.05, 0.1) is 0 Å². The van der Waals surface area contributed by atoms with Crippen LogP contribution < -0.4 is 5.32 Å². The molecule has 1 aromatic heterocycles. The van der Waals surface area contributed by atoms with E-state index >= 15 is 0 Å². The highest BCUT2D eigenvalue weighted by molar-refractivity contribution is 5.79. The van der Waals surface area contributed by atoms with Crippen molar-refractivity contribution in [3.05, 3.63) is 18.5 Å². The van der Waals surface area contributed by atoms with Crippen LogP contribution in [0.4, 0.5) is 19.1 Å². The van der Waals surface area contributed by atoms with Crippen LogP contribution in [0.25, 0.3) is 0 Å². The van der Waals surface area contributed by atoms with Crippen molar-refractivity contribution in [3.8, 4) is 0 Å². The lowest BCUT2D eigenvalue weighted by atomic mass is 9.84. The molecule has 0 saturated carbocycles. The topological polar surface area (TPSA) is 63.1 Å². The molecule has 2 aliphatic heterocycles. The number of hydrogen-bond donors (Lipinski definition) is 1. The van der Waals surface area contributed by atoms with Crippen molar-refractivity contribution in [3.63, 3.8) is 0 Å². The molecule has 1 amide bonds. The van der Waals surface area contributed by atoms with Crippen molar-refractivity contribution in [2.45, 2.75) is 56.8 Å². The van der Waals surface area contributed by atoms with Gasteiger partial charge in [0.1, 0.15) is 6.33 Å². The highest BCUT2D eigenvalue weighted by Crippen LogP contribution is 2.41. The molecule has 3 atom stereocenters. The van der Waals surface area contributed by atoms with Gasteiger partial charge < -0.3 is 10.2 Å². The fourth-order valence-corrected chi connectivity index (χ4v) is 4.53. The summed E-state index contributed by atoms with van der Waals surface area (Å²) in [7, 11) is 0. The number of hydrogen-bond acceptors (Lipinski definition) is 4. The Bertz CT molecular complexity index is 708. The Labute approximate surface area is 155 Å². The van der Waals surface area contributed by atoms with Crippen LogP contribution in [0.15, 0.2) is 18.5 Å². The fraction of sp³-hybridized carbons (Fsp3) is 0.722. The third kappa shape index (κ3) is 3.68. The molecule has 1 fully saturated rings. The van der Waals surface area contributed by atoms with Gasteiger partial charge in [-0.05, 0) is 44.4 Å². The van der Waals surface area contributed by atoms with Crippen molar-refractivity contribution >= 4 is 11.9 Å². The lowest BCUT2D eigenvalue weighted by Crippen LogP contribution is -2.48. The summed E-state index contributed by atoms with van der Waals surface area (Å²) in [4.78, 5) is 18.5. The van der Waals surface area contributed by atoms with Crippen LogP contribution in [0.5, 0.6) is 0 Å². The number of anilines is 1. The van der Waals surface area contributed by atoms with Crippen molar-refractivity contribution in [2.75, 3.05) is 18.4 Å². The fourth-order valence-electron chi connectivity index (χ4n) is 4.53. The summed E-state index contributed by atoms with van der Waals surface area (Å²) in [5.74, 6) is 0.534. The minimum absolute atomic E-state index is 0.0497. The molecule has 0 spiro atoms. The molecule has 0 unspecified atom stereocenters. The number of carbonyl (C=O) groups is 1. The van der Waals surface area contributed by atoms with Gasteiger partial charge in [-0.2, -0.15) is 23.3 Å². The third-order valence-electron chi connectivity index (χ3n) is 6.08. The third-order valence-corrected chi connectivity index (χ3v) is 6.08. The predicted molar refractivity (Wildman–Crippen MR) is 92.9 cm³/mol. The monoisotopic (exact) mass is 383 g/mol. The lowest BCUT2D eigenvalue weighted by molar-refractivity contribution is -0.174. The first-order chi connectivity index (χ1) is 12.9. The number of nitrogens with one attached hydrogen (secondary N) is 1. The number of nitrogens with zero attached hydrogens (tertiary/aromatic N) is 4. The van der Waals surface area contributed by atoms with Gasteiger partial charge in [0.15, 0.2) is 6.04 Å². The summed E-state index contributed by atoms with van der Waals surface area (Å²) in [6, 6.07) is -1.95. The average molecular weight is 383 g/mol. The molecule has 1 N–H and O–H groups in total. The highest BCUT2D eigenvalue weighted by atomic mass is 19.4. The minimum Gasteiger partial charge on any atom is -0.351 e. The molecule has 4 rings (SSSR count). The smallest absolute Gasteiger partial charge is 0.351 e. The van der Waals surface area contributed by atoms with Gasteiger partial charge in [-0.25, -0.2) is 4.68 Å². The molecule has 27 heavy (non-hydrogen) atoms. The molecule has 0 radical (unpaired) electrons. The maximum absolute atomic E-state index is 13.4. The van der Waals surface area contributed by atoms with Gasteiger partial charge in [0, 0.05) is 25.0 Å². The lowest BCUT2D eigenvalue weighted by Gasteiger charge is -2.41. The van der Waals surface area contributed by atoms with Crippen LogP contribution in [-0.2, 0) is 4.79 Å². The Balaban J connectivity index is 1.38. The zero-order chi connectivity index (χ0) is 19.0. The number of amides is 1. The maximum atomic E-state index is 13.4. The number of halogens is 3.